The molecule has 2 bridgehead atoms. The number of hydrogen-bond donors (Lipinski definition) is 1. The molecule has 1 aromatic carbocycles. The van der Waals surface area contributed by atoms with Gasteiger partial charge in [-0.3, -0.25) is 0 Å². The van der Waals surface area contributed by atoms with Crippen molar-refractivity contribution in [1.29, 1.82) is 0 Å². The van der Waals surface area contributed by atoms with Crippen LogP contribution in [0.1, 0.15) is 35.6 Å². The first-order chi connectivity index (χ1) is 12.8. The number of urea groups is 1. The molecule has 0 unspecified atom stereocenters. The molecule has 2 amide bonds. The standard InChI is InChI=1S/C18H14ClF4N3O/c19-14-7-9(1-3-13(14)18(21,22)23)25-17(27)26-10-2-4-15(26)11-5-6-24-16(20)12(11)8-10/h1,3,5-7,10,15H,2,4,8H2,(H,25,27)/t10-,15+/m0/s1. The molecule has 1 aromatic heterocycles. The minimum absolute atomic E-state index is 0.170. The van der Waals surface area contributed by atoms with E-state index >= 15 is 0 Å². The maximum absolute atomic E-state index is 14.0. The zero-order valence-corrected chi connectivity index (χ0v) is 14.6. The molecule has 4 rings (SSSR count). The van der Waals surface area contributed by atoms with Gasteiger partial charge < -0.3 is 10.2 Å². The van der Waals surface area contributed by atoms with Crippen molar-refractivity contribution in [3.05, 3.63) is 58.1 Å². The van der Waals surface area contributed by atoms with Gasteiger partial charge in [0.15, 0.2) is 0 Å². The summed E-state index contributed by atoms with van der Waals surface area (Å²) < 4.78 is 52.4. The molecule has 0 radical (unpaired) electrons. The molecule has 27 heavy (non-hydrogen) atoms. The van der Waals surface area contributed by atoms with Gasteiger partial charge in [0.1, 0.15) is 0 Å². The molecule has 0 spiro atoms. The predicted molar refractivity (Wildman–Crippen MR) is 91.0 cm³/mol. The zero-order valence-electron chi connectivity index (χ0n) is 13.9. The summed E-state index contributed by atoms with van der Waals surface area (Å²) >= 11 is 5.70. The van der Waals surface area contributed by atoms with Crippen LogP contribution in [-0.4, -0.2) is 22.0 Å². The van der Waals surface area contributed by atoms with E-state index in [9.17, 15) is 22.4 Å². The van der Waals surface area contributed by atoms with E-state index in [0.29, 0.717) is 18.4 Å². The van der Waals surface area contributed by atoms with E-state index in [1.54, 1.807) is 11.0 Å². The zero-order chi connectivity index (χ0) is 19.3. The molecule has 1 N–H and O–H groups in total. The molecule has 2 atom stereocenters. The van der Waals surface area contributed by atoms with Crippen molar-refractivity contribution >= 4 is 23.3 Å². The summed E-state index contributed by atoms with van der Waals surface area (Å²) in [6, 6.07) is 3.88. The highest BCUT2D eigenvalue weighted by Gasteiger charge is 2.43. The second-order valence-electron chi connectivity index (χ2n) is 6.65. The summed E-state index contributed by atoms with van der Waals surface area (Å²) in [5.41, 5.74) is 0.477. The third kappa shape index (κ3) is 3.12. The number of aromatic nitrogens is 1. The van der Waals surface area contributed by atoms with Crippen LogP contribution >= 0.6 is 11.6 Å². The number of rotatable bonds is 1. The van der Waals surface area contributed by atoms with Gasteiger partial charge in [-0.15, -0.1) is 0 Å². The van der Waals surface area contributed by atoms with Crippen molar-refractivity contribution in [2.24, 2.45) is 0 Å². The Morgan fingerprint density at radius 3 is 2.74 bits per heavy atom. The van der Waals surface area contributed by atoms with Crippen LogP contribution in [0, 0.1) is 5.95 Å². The Morgan fingerprint density at radius 1 is 1.26 bits per heavy atom. The number of nitrogens with one attached hydrogen (secondary N) is 1. The lowest BCUT2D eigenvalue weighted by Gasteiger charge is -2.36. The third-order valence-corrected chi connectivity index (χ3v) is 5.41. The van der Waals surface area contributed by atoms with Crippen molar-refractivity contribution in [1.82, 2.24) is 9.88 Å². The van der Waals surface area contributed by atoms with E-state index in [4.69, 9.17) is 11.6 Å². The smallest absolute Gasteiger partial charge is 0.314 e. The fourth-order valence-electron chi connectivity index (χ4n) is 3.94. The lowest BCUT2D eigenvalue weighted by atomic mass is 9.95. The molecule has 1 saturated heterocycles. The van der Waals surface area contributed by atoms with Crippen LogP contribution in [-0.2, 0) is 12.6 Å². The fourth-order valence-corrected chi connectivity index (χ4v) is 4.23. The summed E-state index contributed by atoms with van der Waals surface area (Å²) in [6.07, 6.45) is -1.40. The summed E-state index contributed by atoms with van der Waals surface area (Å²) in [4.78, 5) is 18.1. The first-order valence-electron chi connectivity index (χ1n) is 8.35. The van der Waals surface area contributed by atoms with Crippen LogP contribution in [0.15, 0.2) is 30.5 Å². The van der Waals surface area contributed by atoms with Crippen LogP contribution in [0.25, 0.3) is 0 Å². The van der Waals surface area contributed by atoms with E-state index in [1.807, 2.05) is 0 Å². The fraction of sp³-hybridized carbons (Fsp3) is 0.333. The second-order valence-corrected chi connectivity index (χ2v) is 7.06. The quantitative estimate of drug-likeness (QED) is 0.530. The average Bonchev–Trinajstić information content (AvgIpc) is 2.90. The molecule has 0 aliphatic carbocycles. The first kappa shape index (κ1) is 18.0. The van der Waals surface area contributed by atoms with E-state index in [2.05, 4.69) is 10.3 Å². The minimum atomic E-state index is -4.56. The number of alkyl halides is 3. The molecule has 2 aliphatic heterocycles. The monoisotopic (exact) mass is 399 g/mol. The topological polar surface area (TPSA) is 45.2 Å². The highest BCUT2D eigenvalue weighted by Crippen LogP contribution is 2.44. The molecule has 0 saturated carbocycles. The van der Waals surface area contributed by atoms with Gasteiger partial charge in [-0.1, -0.05) is 11.6 Å². The van der Waals surface area contributed by atoms with Crippen molar-refractivity contribution in [3.8, 4) is 0 Å². The highest BCUT2D eigenvalue weighted by atomic mass is 35.5. The van der Waals surface area contributed by atoms with E-state index in [0.717, 1.165) is 30.2 Å². The van der Waals surface area contributed by atoms with Crippen LogP contribution in [0.2, 0.25) is 5.02 Å². The van der Waals surface area contributed by atoms with Crippen LogP contribution < -0.4 is 5.32 Å². The summed E-state index contributed by atoms with van der Waals surface area (Å²) in [7, 11) is 0. The summed E-state index contributed by atoms with van der Waals surface area (Å²) in [5.74, 6) is -0.515. The maximum Gasteiger partial charge on any atom is 0.417 e. The molecule has 2 aliphatic rings. The van der Waals surface area contributed by atoms with Crippen LogP contribution in [0.3, 0.4) is 0 Å². The Balaban J connectivity index is 1.57. The number of halogens is 5. The minimum Gasteiger partial charge on any atom is -0.314 e. The van der Waals surface area contributed by atoms with Gasteiger partial charge in [-0.2, -0.15) is 17.6 Å². The largest absolute Gasteiger partial charge is 0.417 e. The molecule has 142 valence electrons. The first-order valence-corrected chi connectivity index (χ1v) is 8.73. The summed E-state index contributed by atoms with van der Waals surface area (Å²) in [6.45, 7) is 0. The van der Waals surface area contributed by atoms with Crippen molar-refractivity contribution in [2.75, 3.05) is 5.32 Å². The van der Waals surface area contributed by atoms with Gasteiger partial charge in [-0.25, -0.2) is 9.78 Å². The number of anilines is 1. The van der Waals surface area contributed by atoms with Crippen molar-refractivity contribution < 1.29 is 22.4 Å². The van der Waals surface area contributed by atoms with Crippen LogP contribution in [0.5, 0.6) is 0 Å². The summed E-state index contributed by atoms with van der Waals surface area (Å²) in [5, 5.41) is 2.12. The SMILES string of the molecule is O=C(Nc1ccc(C(F)(F)F)c(Cl)c1)N1[C@H]2CC[C@@H]1c1ccnc(F)c1C2. The molecular formula is C18H14ClF4N3O. The van der Waals surface area contributed by atoms with E-state index < -0.39 is 28.7 Å². The molecule has 9 heteroatoms. The van der Waals surface area contributed by atoms with E-state index in [1.165, 1.54) is 6.20 Å². The molecule has 4 nitrogen and oxygen atoms in total. The molecule has 2 aromatic rings. The van der Waals surface area contributed by atoms with Gasteiger partial charge >= 0.3 is 12.2 Å². The highest BCUT2D eigenvalue weighted by molar-refractivity contribution is 6.31. The Bertz CT molecular complexity index is 918. The number of hydrogen-bond acceptors (Lipinski definition) is 2. The average molecular weight is 400 g/mol. The number of carbonyl (C=O) groups excluding carboxylic acids is 1. The van der Waals surface area contributed by atoms with Gasteiger partial charge in [0.05, 0.1) is 16.6 Å². The van der Waals surface area contributed by atoms with Gasteiger partial charge in [0.2, 0.25) is 5.95 Å². The van der Waals surface area contributed by atoms with E-state index in [-0.39, 0.29) is 17.8 Å². The molecule has 1 fully saturated rings. The number of benzene rings is 1. The lowest BCUT2D eigenvalue weighted by Crippen LogP contribution is -2.44. The third-order valence-electron chi connectivity index (χ3n) is 5.10. The maximum atomic E-state index is 14.0. The Kier molecular flexibility index (Phi) is 4.25. The number of carbonyl (C=O) groups is 1. The van der Waals surface area contributed by atoms with Crippen LogP contribution in [0.4, 0.5) is 28.0 Å². The Hall–Kier alpha value is -2.35. The Morgan fingerprint density at radius 2 is 2.04 bits per heavy atom. The van der Waals surface area contributed by atoms with Gasteiger partial charge in [-0.05, 0) is 49.1 Å². The van der Waals surface area contributed by atoms with Gasteiger partial charge in [0.25, 0.3) is 0 Å². The lowest BCUT2D eigenvalue weighted by molar-refractivity contribution is -0.137. The number of amides is 2. The number of nitrogens with zero attached hydrogens (tertiary/aromatic N) is 2. The number of pyridine rings is 1. The van der Waals surface area contributed by atoms with Crippen molar-refractivity contribution in [3.63, 3.8) is 0 Å². The number of fused-ring (bicyclic) bond motifs is 4. The Labute approximate surface area is 157 Å². The second kappa shape index (κ2) is 6.37. The van der Waals surface area contributed by atoms with Crippen molar-refractivity contribution in [2.45, 2.75) is 37.5 Å². The molecule has 3 heterocycles. The predicted octanol–water partition coefficient (Wildman–Crippen LogP) is 5.19. The van der Waals surface area contributed by atoms with Gasteiger partial charge in [0, 0.05) is 23.5 Å². The normalized spacial score (nSPS) is 21.1. The molecular weight excluding hydrogens is 386 g/mol.